The molecule has 0 radical (unpaired) electrons. The van der Waals surface area contributed by atoms with Crippen LogP contribution in [0.1, 0.15) is 18.9 Å². The van der Waals surface area contributed by atoms with Crippen LogP contribution in [0.2, 0.25) is 0 Å². The van der Waals surface area contributed by atoms with Gasteiger partial charge in [-0.2, -0.15) is 0 Å². The minimum atomic E-state index is -0.101. The van der Waals surface area contributed by atoms with E-state index in [1.165, 1.54) is 11.3 Å². The third-order valence-corrected chi connectivity index (χ3v) is 2.76. The monoisotopic (exact) mass is 234 g/mol. The minimum absolute atomic E-state index is 0.101. The molecule has 1 aliphatic heterocycles. The van der Waals surface area contributed by atoms with Crippen molar-refractivity contribution in [1.29, 1.82) is 0 Å². The summed E-state index contributed by atoms with van der Waals surface area (Å²) < 4.78 is 5.06. The number of anilines is 2. The Bertz CT molecular complexity index is 404. The van der Waals surface area contributed by atoms with E-state index in [1.54, 1.807) is 0 Å². The normalized spacial score (nSPS) is 13.7. The number of amides is 1. The average Bonchev–Trinajstić information content (AvgIpc) is 2.36. The van der Waals surface area contributed by atoms with Gasteiger partial charge in [-0.1, -0.05) is 0 Å². The summed E-state index contributed by atoms with van der Waals surface area (Å²) in [5, 5.41) is 6.18. The van der Waals surface area contributed by atoms with E-state index in [0.29, 0.717) is 6.61 Å². The molecular weight excluding hydrogens is 216 g/mol. The standard InChI is InChI=1S/C13H18N2O2/c1-2-17-9-13(16)15-11-5-6-12-10(8-11)4-3-7-14-12/h5-6,8,14H,2-4,7,9H2,1H3,(H,15,16). The molecule has 0 spiro atoms. The number of hydrogen-bond acceptors (Lipinski definition) is 3. The lowest BCUT2D eigenvalue weighted by atomic mass is 10.0. The third kappa shape index (κ3) is 3.20. The van der Waals surface area contributed by atoms with E-state index < -0.39 is 0 Å². The van der Waals surface area contributed by atoms with E-state index >= 15 is 0 Å². The number of fused-ring (bicyclic) bond motifs is 1. The Labute approximate surface area is 101 Å². The lowest BCUT2D eigenvalue weighted by Crippen LogP contribution is -2.19. The van der Waals surface area contributed by atoms with Crippen molar-refractivity contribution in [2.24, 2.45) is 0 Å². The number of nitrogens with one attached hydrogen (secondary N) is 2. The molecule has 4 heteroatoms. The minimum Gasteiger partial charge on any atom is -0.385 e. The number of ether oxygens (including phenoxy) is 1. The highest BCUT2D eigenvalue weighted by molar-refractivity contribution is 5.92. The lowest BCUT2D eigenvalue weighted by molar-refractivity contribution is -0.120. The van der Waals surface area contributed by atoms with Crippen molar-refractivity contribution in [1.82, 2.24) is 0 Å². The first-order valence-corrected chi connectivity index (χ1v) is 6.04. The molecule has 0 saturated heterocycles. The molecule has 0 aliphatic carbocycles. The summed E-state index contributed by atoms with van der Waals surface area (Å²) in [6, 6.07) is 5.97. The van der Waals surface area contributed by atoms with Gasteiger partial charge in [-0.05, 0) is 43.5 Å². The number of aryl methyl sites for hydroxylation is 1. The zero-order valence-corrected chi connectivity index (χ0v) is 10.1. The van der Waals surface area contributed by atoms with Crippen molar-refractivity contribution in [3.8, 4) is 0 Å². The number of benzene rings is 1. The van der Waals surface area contributed by atoms with E-state index in [-0.39, 0.29) is 12.5 Å². The molecule has 1 aliphatic rings. The van der Waals surface area contributed by atoms with Crippen molar-refractivity contribution in [2.45, 2.75) is 19.8 Å². The molecule has 1 aromatic carbocycles. The van der Waals surface area contributed by atoms with Crippen LogP contribution in [-0.2, 0) is 16.0 Å². The summed E-state index contributed by atoms with van der Waals surface area (Å²) >= 11 is 0. The van der Waals surface area contributed by atoms with Crippen LogP contribution in [0.4, 0.5) is 11.4 Å². The largest absolute Gasteiger partial charge is 0.385 e. The van der Waals surface area contributed by atoms with Crippen LogP contribution >= 0.6 is 0 Å². The molecule has 1 amide bonds. The summed E-state index contributed by atoms with van der Waals surface area (Å²) in [5.41, 5.74) is 3.29. The third-order valence-electron chi connectivity index (χ3n) is 2.76. The molecular formula is C13H18N2O2. The van der Waals surface area contributed by atoms with Gasteiger partial charge in [-0.15, -0.1) is 0 Å². The number of hydrogen-bond donors (Lipinski definition) is 2. The Hall–Kier alpha value is -1.55. The van der Waals surface area contributed by atoms with Crippen LogP contribution in [0.5, 0.6) is 0 Å². The van der Waals surface area contributed by atoms with Gasteiger partial charge in [-0.25, -0.2) is 0 Å². The molecule has 92 valence electrons. The molecule has 0 unspecified atom stereocenters. The highest BCUT2D eigenvalue weighted by atomic mass is 16.5. The van der Waals surface area contributed by atoms with Crippen LogP contribution in [0.3, 0.4) is 0 Å². The zero-order valence-electron chi connectivity index (χ0n) is 10.1. The predicted octanol–water partition coefficient (Wildman–Crippen LogP) is 2.02. The molecule has 0 fully saturated rings. The molecule has 17 heavy (non-hydrogen) atoms. The van der Waals surface area contributed by atoms with Crippen molar-refractivity contribution >= 4 is 17.3 Å². The Morgan fingerprint density at radius 2 is 2.41 bits per heavy atom. The quantitative estimate of drug-likeness (QED) is 0.838. The summed E-state index contributed by atoms with van der Waals surface area (Å²) in [4.78, 5) is 11.5. The molecule has 0 aromatic heterocycles. The van der Waals surface area contributed by atoms with Crippen molar-refractivity contribution in [2.75, 3.05) is 30.4 Å². The van der Waals surface area contributed by atoms with Gasteiger partial charge in [0.05, 0.1) is 0 Å². The van der Waals surface area contributed by atoms with E-state index in [4.69, 9.17) is 4.74 Å². The maximum atomic E-state index is 11.5. The van der Waals surface area contributed by atoms with E-state index in [1.807, 2.05) is 25.1 Å². The van der Waals surface area contributed by atoms with Crippen LogP contribution in [0.25, 0.3) is 0 Å². The highest BCUT2D eigenvalue weighted by Crippen LogP contribution is 2.24. The van der Waals surface area contributed by atoms with Crippen LogP contribution in [0, 0.1) is 0 Å². The fraction of sp³-hybridized carbons (Fsp3) is 0.462. The van der Waals surface area contributed by atoms with E-state index in [2.05, 4.69) is 10.6 Å². The first-order chi connectivity index (χ1) is 8.29. The average molecular weight is 234 g/mol. The number of rotatable bonds is 4. The molecule has 0 atom stereocenters. The number of carbonyl (C=O) groups excluding carboxylic acids is 1. The van der Waals surface area contributed by atoms with Gasteiger partial charge in [0.25, 0.3) is 0 Å². The Morgan fingerprint density at radius 3 is 3.24 bits per heavy atom. The van der Waals surface area contributed by atoms with Crippen molar-refractivity contribution < 1.29 is 9.53 Å². The lowest BCUT2D eigenvalue weighted by Gasteiger charge is -2.18. The Balaban J connectivity index is 1.99. The van der Waals surface area contributed by atoms with Gasteiger partial charge in [0.15, 0.2) is 0 Å². The summed E-state index contributed by atoms with van der Waals surface area (Å²) in [6.07, 6.45) is 2.21. The van der Waals surface area contributed by atoms with Crippen LogP contribution < -0.4 is 10.6 Å². The first kappa shape index (κ1) is 11.9. The molecule has 0 bridgehead atoms. The zero-order chi connectivity index (χ0) is 12.1. The Kier molecular flexibility index (Phi) is 3.98. The van der Waals surface area contributed by atoms with Gasteiger partial charge in [0.2, 0.25) is 5.91 Å². The number of carbonyl (C=O) groups is 1. The smallest absolute Gasteiger partial charge is 0.250 e. The van der Waals surface area contributed by atoms with Gasteiger partial charge in [0, 0.05) is 24.5 Å². The molecule has 4 nitrogen and oxygen atoms in total. The van der Waals surface area contributed by atoms with Crippen molar-refractivity contribution in [3.63, 3.8) is 0 Å². The highest BCUT2D eigenvalue weighted by Gasteiger charge is 2.09. The summed E-state index contributed by atoms with van der Waals surface area (Å²) in [6.45, 7) is 3.58. The fourth-order valence-electron chi connectivity index (χ4n) is 1.94. The molecule has 0 saturated carbocycles. The Morgan fingerprint density at radius 1 is 1.53 bits per heavy atom. The van der Waals surface area contributed by atoms with Gasteiger partial charge in [0.1, 0.15) is 6.61 Å². The van der Waals surface area contributed by atoms with Gasteiger partial charge in [-0.3, -0.25) is 4.79 Å². The summed E-state index contributed by atoms with van der Waals surface area (Å²) in [7, 11) is 0. The second kappa shape index (κ2) is 5.68. The maximum Gasteiger partial charge on any atom is 0.250 e. The topological polar surface area (TPSA) is 50.4 Å². The summed E-state index contributed by atoms with van der Waals surface area (Å²) in [5.74, 6) is -0.101. The second-order valence-corrected chi connectivity index (χ2v) is 4.09. The molecule has 1 aromatic rings. The van der Waals surface area contributed by atoms with E-state index in [0.717, 1.165) is 25.1 Å². The maximum absolute atomic E-state index is 11.5. The second-order valence-electron chi connectivity index (χ2n) is 4.09. The molecule has 2 N–H and O–H groups in total. The first-order valence-electron chi connectivity index (χ1n) is 6.04. The van der Waals surface area contributed by atoms with Crippen LogP contribution in [-0.4, -0.2) is 25.7 Å². The predicted molar refractivity (Wildman–Crippen MR) is 68.4 cm³/mol. The fourth-order valence-corrected chi connectivity index (χ4v) is 1.94. The van der Waals surface area contributed by atoms with E-state index in [9.17, 15) is 4.79 Å². The SMILES string of the molecule is CCOCC(=O)Nc1ccc2c(c1)CCCN2. The van der Waals surface area contributed by atoms with Crippen molar-refractivity contribution in [3.05, 3.63) is 23.8 Å². The molecule has 1 heterocycles. The van der Waals surface area contributed by atoms with Gasteiger partial charge >= 0.3 is 0 Å². The van der Waals surface area contributed by atoms with Crippen LogP contribution in [0.15, 0.2) is 18.2 Å². The van der Waals surface area contributed by atoms with Gasteiger partial charge < -0.3 is 15.4 Å². The molecule has 2 rings (SSSR count).